The molecule has 1 aliphatic heterocycles. The normalized spacial score (nSPS) is 17.2. The van der Waals surface area contributed by atoms with Crippen molar-refractivity contribution in [3.8, 4) is 0 Å². The highest BCUT2D eigenvalue weighted by Gasteiger charge is 2.29. The standard InChI is InChI=1S/C21H25N5O2/c1-4-14-13-23-19-17(20(27)25(3)21(28)24(19)2)18(14)26-11-6-5-9-16(26)15-8-7-10-22-12-15/h7-8,10,12-13,16H,4-6,9,11H2,1-3H3. The highest BCUT2D eigenvalue weighted by molar-refractivity contribution is 5.91. The molecule has 0 saturated carbocycles. The third-order valence-corrected chi connectivity index (χ3v) is 5.76. The fraction of sp³-hybridized carbons (Fsp3) is 0.429. The molecule has 4 rings (SSSR count). The van der Waals surface area contributed by atoms with E-state index in [2.05, 4.69) is 27.9 Å². The predicted octanol–water partition coefficient (Wildman–Crippen LogP) is 2.32. The van der Waals surface area contributed by atoms with Crippen molar-refractivity contribution in [2.75, 3.05) is 11.4 Å². The number of pyridine rings is 2. The second-order valence-electron chi connectivity index (χ2n) is 7.38. The molecule has 0 amide bonds. The van der Waals surface area contributed by atoms with Crippen molar-refractivity contribution in [1.82, 2.24) is 19.1 Å². The van der Waals surface area contributed by atoms with E-state index in [-0.39, 0.29) is 17.3 Å². The number of aromatic nitrogens is 4. The quantitative estimate of drug-likeness (QED) is 0.698. The van der Waals surface area contributed by atoms with Gasteiger partial charge in [-0.1, -0.05) is 13.0 Å². The molecule has 146 valence electrons. The maximum atomic E-state index is 13.1. The molecule has 0 aliphatic carbocycles. The van der Waals surface area contributed by atoms with E-state index in [4.69, 9.17) is 0 Å². The zero-order valence-corrected chi connectivity index (χ0v) is 16.6. The van der Waals surface area contributed by atoms with Gasteiger partial charge in [0.25, 0.3) is 5.56 Å². The van der Waals surface area contributed by atoms with Crippen molar-refractivity contribution in [1.29, 1.82) is 0 Å². The molecule has 0 N–H and O–H groups in total. The minimum Gasteiger partial charge on any atom is -0.363 e. The van der Waals surface area contributed by atoms with Crippen LogP contribution in [-0.2, 0) is 20.5 Å². The summed E-state index contributed by atoms with van der Waals surface area (Å²) >= 11 is 0. The van der Waals surface area contributed by atoms with Crippen LogP contribution in [0.3, 0.4) is 0 Å². The van der Waals surface area contributed by atoms with Crippen LogP contribution in [-0.4, -0.2) is 25.6 Å². The summed E-state index contributed by atoms with van der Waals surface area (Å²) in [5, 5.41) is 0.528. The monoisotopic (exact) mass is 379 g/mol. The summed E-state index contributed by atoms with van der Waals surface area (Å²) < 4.78 is 2.64. The molecule has 1 atom stereocenters. The smallest absolute Gasteiger partial charge is 0.332 e. The maximum Gasteiger partial charge on any atom is 0.332 e. The lowest BCUT2D eigenvalue weighted by Gasteiger charge is -2.39. The van der Waals surface area contributed by atoms with Gasteiger partial charge < -0.3 is 4.90 Å². The van der Waals surface area contributed by atoms with E-state index < -0.39 is 0 Å². The molecule has 3 aromatic rings. The number of rotatable bonds is 3. The van der Waals surface area contributed by atoms with E-state index in [1.54, 1.807) is 13.2 Å². The van der Waals surface area contributed by atoms with Gasteiger partial charge in [-0.15, -0.1) is 0 Å². The molecule has 1 unspecified atom stereocenters. The van der Waals surface area contributed by atoms with Crippen molar-refractivity contribution in [2.24, 2.45) is 14.1 Å². The summed E-state index contributed by atoms with van der Waals surface area (Å²) in [7, 11) is 3.20. The molecule has 0 aromatic carbocycles. The lowest BCUT2D eigenvalue weighted by molar-refractivity contribution is 0.472. The first kappa shape index (κ1) is 18.4. The highest BCUT2D eigenvalue weighted by Crippen LogP contribution is 2.38. The third-order valence-electron chi connectivity index (χ3n) is 5.76. The van der Waals surface area contributed by atoms with Crippen LogP contribution in [0.4, 0.5) is 5.69 Å². The summed E-state index contributed by atoms with van der Waals surface area (Å²) in [6.07, 6.45) is 9.47. The summed E-state index contributed by atoms with van der Waals surface area (Å²) in [4.78, 5) is 36.6. The topological polar surface area (TPSA) is 73.0 Å². The Balaban J connectivity index is 2.03. The Morgan fingerprint density at radius 2 is 1.96 bits per heavy atom. The van der Waals surface area contributed by atoms with Gasteiger partial charge >= 0.3 is 5.69 Å². The molecule has 0 bridgehead atoms. The highest BCUT2D eigenvalue weighted by atomic mass is 16.2. The van der Waals surface area contributed by atoms with Crippen molar-refractivity contribution < 1.29 is 0 Å². The Bertz CT molecular complexity index is 1130. The van der Waals surface area contributed by atoms with Crippen molar-refractivity contribution in [3.63, 3.8) is 0 Å². The van der Waals surface area contributed by atoms with Gasteiger partial charge in [-0.3, -0.25) is 18.9 Å². The van der Waals surface area contributed by atoms with Gasteiger partial charge in [0, 0.05) is 39.2 Å². The Morgan fingerprint density at radius 1 is 1.14 bits per heavy atom. The lowest BCUT2D eigenvalue weighted by atomic mass is 9.94. The number of hydrogen-bond acceptors (Lipinski definition) is 5. The average molecular weight is 379 g/mol. The van der Waals surface area contributed by atoms with Gasteiger partial charge in [-0.25, -0.2) is 9.78 Å². The first-order chi connectivity index (χ1) is 13.5. The van der Waals surface area contributed by atoms with E-state index in [1.165, 1.54) is 16.2 Å². The number of fused-ring (bicyclic) bond motifs is 1. The van der Waals surface area contributed by atoms with Crippen LogP contribution in [0.2, 0.25) is 0 Å². The summed E-state index contributed by atoms with van der Waals surface area (Å²) in [6, 6.07) is 4.20. The van der Waals surface area contributed by atoms with E-state index in [1.807, 2.05) is 18.5 Å². The molecular weight excluding hydrogens is 354 g/mol. The zero-order chi connectivity index (χ0) is 19.8. The molecule has 1 aliphatic rings. The van der Waals surface area contributed by atoms with Gasteiger partial charge in [0.2, 0.25) is 0 Å². The fourth-order valence-corrected chi connectivity index (χ4v) is 4.26. The zero-order valence-electron chi connectivity index (χ0n) is 16.6. The second-order valence-corrected chi connectivity index (χ2v) is 7.38. The van der Waals surface area contributed by atoms with Crippen molar-refractivity contribution in [2.45, 2.75) is 38.6 Å². The Labute approximate surface area is 163 Å². The lowest BCUT2D eigenvalue weighted by Crippen LogP contribution is -2.40. The molecule has 4 heterocycles. The minimum absolute atomic E-state index is 0.153. The number of nitrogens with zero attached hydrogens (tertiary/aromatic N) is 5. The average Bonchev–Trinajstić information content (AvgIpc) is 2.75. The molecular formula is C21H25N5O2. The van der Waals surface area contributed by atoms with Gasteiger partial charge in [0.1, 0.15) is 5.39 Å². The number of aryl methyl sites for hydroxylation is 2. The van der Waals surface area contributed by atoms with E-state index >= 15 is 0 Å². The largest absolute Gasteiger partial charge is 0.363 e. The number of piperidine rings is 1. The molecule has 3 aromatic heterocycles. The van der Waals surface area contributed by atoms with Crippen LogP contribution >= 0.6 is 0 Å². The Morgan fingerprint density at radius 3 is 2.68 bits per heavy atom. The van der Waals surface area contributed by atoms with Gasteiger partial charge in [0.15, 0.2) is 5.65 Å². The second kappa shape index (κ2) is 7.22. The van der Waals surface area contributed by atoms with Crippen LogP contribution in [0.1, 0.15) is 43.4 Å². The summed E-state index contributed by atoms with van der Waals surface area (Å²) in [6.45, 7) is 2.93. The fourth-order valence-electron chi connectivity index (χ4n) is 4.26. The van der Waals surface area contributed by atoms with E-state index in [9.17, 15) is 9.59 Å². The minimum atomic E-state index is -0.359. The SMILES string of the molecule is CCc1cnc2c(c1N1CCCCC1c1cccnc1)c(=O)n(C)c(=O)n2C. The van der Waals surface area contributed by atoms with Gasteiger partial charge in [0.05, 0.1) is 11.7 Å². The molecule has 0 radical (unpaired) electrons. The maximum absolute atomic E-state index is 13.1. The first-order valence-corrected chi connectivity index (χ1v) is 9.78. The molecule has 0 spiro atoms. The van der Waals surface area contributed by atoms with Crippen LogP contribution in [0.5, 0.6) is 0 Å². The molecule has 28 heavy (non-hydrogen) atoms. The summed E-state index contributed by atoms with van der Waals surface area (Å²) in [5.41, 5.74) is 2.89. The third kappa shape index (κ3) is 2.82. The first-order valence-electron chi connectivity index (χ1n) is 9.78. The molecule has 1 fully saturated rings. The predicted molar refractivity (Wildman–Crippen MR) is 110 cm³/mol. The van der Waals surface area contributed by atoms with Crippen LogP contribution < -0.4 is 16.1 Å². The summed E-state index contributed by atoms with van der Waals surface area (Å²) in [5.74, 6) is 0. The van der Waals surface area contributed by atoms with Crippen LogP contribution in [0, 0.1) is 0 Å². The molecule has 1 saturated heterocycles. The van der Waals surface area contributed by atoms with Gasteiger partial charge in [-0.05, 0) is 42.9 Å². The van der Waals surface area contributed by atoms with Crippen molar-refractivity contribution >= 4 is 16.7 Å². The van der Waals surface area contributed by atoms with E-state index in [0.717, 1.165) is 49.0 Å². The number of hydrogen-bond donors (Lipinski definition) is 0. The van der Waals surface area contributed by atoms with E-state index in [0.29, 0.717) is 11.0 Å². The van der Waals surface area contributed by atoms with Crippen LogP contribution in [0.15, 0.2) is 40.3 Å². The van der Waals surface area contributed by atoms with Crippen molar-refractivity contribution in [3.05, 3.63) is 62.7 Å². The number of anilines is 1. The Kier molecular flexibility index (Phi) is 4.75. The Hall–Kier alpha value is -2.96. The molecule has 7 heteroatoms. The van der Waals surface area contributed by atoms with Gasteiger partial charge in [-0.2, -0.15) is 0 Å². The van der Waals surface area contributed by atoms with Crippen LogP contribution in [0.25, 0.3) is 11.0 Å². The molecule has 7 nitrogen and oxygen atoms in total.